The van der Waals surface area contributed by atoms with E-state index in [0.717, 1.165) is 29.5 Å². The highest BCUT2D eigenvalue weighted by molar-refractivity contribution is 7.21. The summed E-state index contributed by atoms with van der Waals surface area (Å²) in [6.45, 7) is 4.68. The SMILES string of the molecule is Cc1nnc2sc(C(=O)NCCN(C)C(=O)C3CC3)c(N)c2c1C. The largest absolute Gasteiger partial charge is 0.397 e. The second-order valence-corrected chi connectivity index (χ2v) is 7.22. The molecule has 2 amide bonds. The van der Waals surface area contributed by atoms with Gasteiger partial charge in [-0.2, -0.15) is 5.10 Å². The Balaban J connectivity index is 1.67. The number of carbonyl (C=O) groups excluding carboxylic acids is 2. The number of hydrogen-bond donors (Lipinski definition) is 2. The first-order valence-electron chi connectivity index (χ1n) is 7.95. The molecule has 7 nitrogen and oxygen atoms in total. The van der Waals surface area contributed by atoms with E-state index in [1.54, 1.807) is 11.9 Å². The van der Waals surface area contributed by atoms with Crippen LogP contribution in [0.15, 0.2) is 0 Å². The summed E-state index contributed by atoms with van der Waals surface area (Å²) in [5.41, 5.74) is 8.36. The summed E-state index contributed by atoms with van der Waals surface area (Å²) in [5, 5.41) is 11.8. The van der Waals surface area contributed by atoms with Crippen LogP contribution in [0.1, 0.15) is 33.8 Å². The summed E-state index contributed by atoms with van der Waals surface area (Å²) in [7, 11) is 1.77. The fourth-order valence-corrected chi connectivity index (χ4v) is 3.60. The van der Waals surface area contributed by atoms with Crippen LogP contribution < -0.4 is 11.1 Å². The van der Waals surface area contributed by atoms with Crippen molar-refractivity contribution in [3.63, 3.8) is 0 Å². The van der Waals surface area contributed by atoms with Crippen LogP contribution in [0.2, 0.25) is 0 Å². The van der Waals surface area contributed by atoms with Crippen LogP contribution in [-0.4, -0.2) is 47.0 Å². The lowest BCUT2D eigenvalue weighted by Gasteiger charge is -2.17. The number of amides is 2. The zero-order chi connectivity index (χ0) is 17.4. The molecule has 1 aliphatic carbocycles. The molecule has 1 aliphatic rings. The van der Waals surface area contributed by atoms with Gasteiger partial charge in [0.15, 0.2) is 0 Å². The van der Waals surface area contributed by atoms with Crippen LogP contribution >= 0.6 is 11.3 Å². The van der Waals surface area contributed by atoms with Gasteiger partial charge in [-0.25, -0.2) is 0 Å². The number of hydrogen-bond acceptors (Lipinski definition) is 6. The number of nitrogens with zero attached hydrogens (tertiary/aromatic N) is 3. The molecule has 128 valence electrons. The molecule has 0 aromatic carbocycles. The third-order valence-corrected chi connectivity index (χ3v) is 5.47. The highest BCUT2D eigenvalue weighted by Crippen LogP contribution is 2.34. The van der Waals surface area contributed by atoms with Gasteiger partial charge in [0, 0.05) is 31.4 Å². The van der Waals surface area contributed by atoms with Crippen molar-refractivity contribution < 1.29 is 9.59 Å². The molecule has 24 heavy (non-hydrogen) atoms. The van der Waals surface area contributed by atoms with E-state index in [0.29, 0.717) is 28.5 Å². The predicted octanol–water partition coefficient (Wildman–Crippen LogP) is 1.49. The summed E-state index contributed by atoms with van der Waals surface area (Å²) in [6, 6.07) is 0. The van der Waals surface area contributed by atoms with Gasteiger partial charge in [-0.3, -0.25) is 9.59 Å². The predicted molar refractivity (Wildman–Crippen MR) is 94.0 cm³/mol. The molecule has 0 radical (unpaired) electrons. The Morgan fingerprint density at radius 2 is 2.04 bits per heavy atom. The molecule has 1 saturated carbocycles. The number of anilines is 1. The number of likely N-dealkylation sites (N-methyl/N-ethyl adjacent to an activating group) is 1. The number of aromatic nitrogens is 2. The minimum Gasteiger partial charge on any atom is -0.397 e. The van der Waals surface area contributed by atoms with E-state index in [1.807, 2.05) is 13.8 Å². The normalized spacial score (nSPS) is 14.0. The molecule has 3 rings (SSSR count). The Hall–Kier alpha value is -2.22. The van der Waals surface area contributed by atoms with E-state index in [2.05, 4.69) is 15.5 Å². The fraction of sp³-hybridized carbons (Fsp3) is 0.500. The minimum absolute atomic E-state index is 0.159. The van der Waals surface area contributed by atoms with Crippen LogP contribution in [0.5, 0.6) is 0 Å². The second kappa shape index (κ2) is 6.35. The summed E-state index contributed by atoms with van der Waals surface area (Å²) < 4.78 is 0. The summed E-state index contributed by atoms with van der Waals surface area (Å²) >= 11 is 1.24. The first-order chi connectivity index (χ1) is 11.4. The average molecular weight is 347 g/mol. The number of aryl methyl sites for hydroxylation is 2. The van der Waals surface area contributed by atoms with Crippen molar-refractivity contribution in [3.8, 4) is 0 Å². The number of nitrogens with one attached hydrogen (secondary N) is 1. The topological polar surface area (TPSA) is 101 Å². The zero-order valence-corrected chi connectivity index (χ0v) is 14.9. The summed E-state index contributed by atoms with van der Waals surface area (Å²) in [4.78, 5) is 27.1. The van der Waals surface area contributed by atoms with Gasteiger partial charge in [-0.15, -0.1) is 16.4 Å². The maximum absolute atomic E-state index is 12.4. The van der Waals surface area contributed by atoms with Crippen LogP contribution in [-0.2, 0) is 4.79 Å². The Bertz CT molecular complexity index is 812. The van der Waals surface area contributed by atoms with Crippen LogP contribution in [0.3, 0.4) is 0 Å². The Morgan fingerprint density at radius 3 is 2.71 bits per heavy atom. The summed E-state index contributed by atoms with van der Waals surface area (Å²) in [6.07, 6.45) is 1.96. The zero-order valence-electron chi connectivity index (χ0n) is 14.0. The monoisotopic (exact) mass is 347 g/mol. The first kappa shape index (κ1) is 16.6. The van der Waals surface area contributed by atoms with E-state index >= 15 is 0 Å². The molecule has 0 atom stereocenters. The van der Waals surface area contributed by atoms with E-state index in [4.69, 9.17) is 5.73 Å². The van der Waals surface area contributed by atoms with Crippen molar-refractivity contribution >= 4 is 39.1 Å². The number of thiophene rings is 1. The molecule has 3 N–H and O–H groups in total. The lowest BCUT2D eigenvalue weighted by molar-refractivity contribution is -0.131. The van der Waals surface area contributed by atoms with E-state index < -0.39 is 0 Å². The Kier molecular flexibility index (Phi) is 4.40. The van der Waals surface area contributed by atoms with Gasteiger partial charge in [0.2, 0.25) is 5.91 Å². The quantitative estimate of drug-likeness (QED) is 0.853. The molecule has 2 aromatic rings. The van der Waals surface area contributed by atoms with E-state index in [1.165, 1.54) is 11.3 Å². The van der Waals surface area contributed by atoms with Gasteiger partial charge in [-0.05, 0) is 32.3 Å². The van der Waals surface area contributed by atoms with Gasteiger partial charge < -0.3 is 16.0 Å². The van der Waals surface area contributed by atoms with E-state index in [-0.39, 0.29) is 17.7 Å². The van der Waals surface area contributed by atoms with Crippen molar-refractivity contribution in [1.82, 2.24) is 20.4 Å². The minimum atomic E-state index is -0.236. The lowest BCUT2D eigenvalue weighted by Crippen LogP contribution is -2.36. The van der Waals surface area contributed by atoms with Gasteiger partial charge >= 0.3 is 0 Å². The maximum Gasteiger partial charge on any atom is 0.263 e. The molecule has 0 unspecified atom stereocenters. The molecule has 2 aromatic heterocycles. The van der Waals surface area contributed by atoms with Crippen molar-refractivity contribution in [1.29, 1.82) is 0 Å². The number of fused-ring (bicyclic) bond motifs is 1. The van der Waals surface area contributed by atoms with E-state index in [9.17, 15) is 9.59 Å². The molecule has 8 heteroatoms. The van der Waals surface area contributed by atoms with Crippen LogP contribution in [0, 0.1) is 19.8 Å². The maximum atomic E-state index is 12.4. The molecule has 0 aliphatic heterocycles. The number of carbonyl (C=O) groups is 2. The molecule has 0 spiro atoms. The Morgan fingerprint density at radius 1 is 1.33 bits per heavy atom. The highest BCUT2D eigenvalue weighted by atomic mass is 32.1. The molecular formula is C16H21N5O2S. The first-order valence-corrected chi connectivity index (χ1v) is 8.76. The van der Waals surface area contributed by atoms with Crippen molar-refractivity contribution in [2.24, 2.45) is 5.92 Å². The van der Waals surface area contributed by atoms with Crippen molar-refractivity contribution in [2.45, 2.75) is 26.7 Å². The average Bonchev–Trinajstić information content (AvgIpc) is 3.34. The summed E-state index contributed by atoms with van der Waals surface area (Å²) in [5.74, 6) is 0.112. The molecular weight excluding hydrogens is 326 g/mol. The van der Waals surface area contributed by atoms with Gasteiger partial charge in [0.05, 0.1) is 11.4 Å². The Labute approximate surface area is 144 Å². The number of nitrogen functional groups attached to an aromatic ring is 1. The molecule has 0 bridgehead atoms. The van der Waals surface area contributed by atoms with Crippen LogP contribution in [0.4, 0.5) is 5.69 Å². The lowest BCUT2D eigenvalue weighted by atomic mass is 10.1. The third-order valence-electron chi connectivity index (χ3n) is 4.38. The molecule has 2 heterocycles. The third kappa shape index (κ3) is 3.06. The van der Waals surface area contributed by atoms with Gasteiger partial charge in [0.1, 0.15) is 9.71 Å². The van der Waals surface area contributed by atoms with Gasteiger partial charge in [-0.1, -0.05) is 0 Å². The van der Waals surface area contributed by atoms with Crippen molar-refractivity contribution in [3.05, 3.63) is 16.1 Å². The molecule has 1 fully saturated rings. The number of rotatable bonds is 5. The second-order valence-electron chi connectivity index (χ2n) is 6.23. The molecule has 0 saturated heterocycles. The highest BCUT2D eigenvalue weighted by Gasteiger charge is 2.31. The van der Waals surface area contributed by atoms with Crippen molar-refractivity contribution in [2.75, 3.05) is 25.9 Å². The standard InChI is InChI=1S/C16H21N5O2S/c1-8-9(2)19-20-15-11(8)12(17)13(24-15)14(22)18-6-7-21(3)16(23)10-4-5-10/h10H,4-7,17H2,1-3H3,(H,18,22). The fourth-order valence-electron chi connectivity index (χ4n) is 2.58. The van der Waals surface area contributed by atoms with Gasteiger partial charge in [0.25, 0.3) is 5.91 Å². The number of nitrogens with two attached hydrogens (primary N) is 1. The van der Waals surface area contributed by atoms with Crippen LogP contribution in [0.25, 0.3) is 10.2 Å². The smallest absolute Gasteiger partial charge is 0.263 e.